The van der Waals surface area contributed by atoms with Gasteiger partial charge in [0.25, 0.3) is 15.6 Å². The van der Waals surface area contributed by atoms with Gasteiger partial charge in [0.05, 0.1) is 25.9 Å². The molecule has 0 aliphatic carbocycles. The molecule has 1 aliphatic heterocycles. The molecule has 0 radical (unpaired) electrons. The average Bonchev–Trinajstić information content (AvgIpc) is 3.57. The highest BCUT2D eigenvalue weighted by atomic mass is 35.5. The Morgan fingerprint density at radius 2 is 1.79 bits per heavy atom. The third kappa shape index (κ3) is 6.36. The van der Waals surface area contributed by atoms with Crippen molar-refractivity contribution in [3.63, 3.8) is 0 Å². The highest BCUT2D eigenvalue weighted by molar-refractivity contribution is 7.92. The van der Waals surface area contributed by atoms with Gasteiger partial charge in [-0.25, -0.2) is 22.9 Å². The quantitative estimate of drug-likeness (QED) is 0.264. The first-order valence-corrected chi connectivity index (χ1v) is 15.1. The van der Waals surface area contributed by atoms with E-state index in [9.17, 15) is 18.0 Å². The van der Waals surface area contributed by atoms with Crippen molar-refractivity contribution in [2.75, 3.05) is 36.8 Å². The maximum absolute atomic E-state index is 13.2. The second-order valence-electron chi connectivity index (χ2n) is 8.91. The van der Waals surface area contributed by atoms with Crippen LogP contribution in [0.4, 0.5) is 16.2 Å². The van der Waals surface area contributed by atoms with Gasteiger partial charge in [0.15, 0.2) is 0 Å². The van der Waals surface area contributed by atoms with Crippen molar-refractivity contribution in [2.45, 2.75) is 17.1 Å². The van der Waals surface area contributed by atoms with Gasteiger partial charge in [-0.1, -0.05) is 23.2 Å². The first-order chi connectivity index (χ1) is 18.7. The van der Waals surface area contributed by atoms with Crippen LogP contribution in [0.15, 0.2) is 63.9 Å². The third-order valence-electron chi connectivity index (χ3n) is 6.22. The number of fused-ring (bicyclic) bond motifs is 1. The Kier molecular flexibility index (Phi) is 8.10. The summed E-state index contributed by atoms with van der Waals surface area (Å²) in [4.78, 5) is 32.4. The maximum Gasteiger partial charge on any atom is 0.333 e. The highest BCUT2D eigenvalue weighted by Crippen LogP contribution is 2.26. The van der Waals surface area contributed by atoms with Crippen LogP contribution in [0, 0.1) is 0 Å². The molecule has 1 saturated heterocycles. The summed E-state index contributed by atoms with van der Waals surface area (Å²) in [7, 11) is -4.08. The van der Waals surface area contributed by atoms with Crippen molar-refractivity contribution in [1.29, 1.82) is 0 Å². The van der Waals surface area contributed by atoms with E-state index in [1.165, 1.54) is 54.1 Å². The van der Waals surface area contributed by atoms with Crippen molar-refractivity contribution in [1.82, 2.24) is 19.2 Å². The fourth-order valence-corrected chi connectivity index (χ4v) is 6.98. The van der Waals surface area contributed by atoms with Gasteiger partial charge in [-0.3, -0.25) is 9.36 Å². The fraction of sp³-hybridized carbons (Fsp3) is 0.240. The Bertz CT molecular complexity index is 1700. The molecule has 0 unspecified atom stereocenters. The third-order valence-corrected chi connectivity index (χ3v) is 9.58. The van der Waals surface area contributed by atoms with Crippen LogP contribution in [0.2, 0.25) is 9.36 Å². The molecule has 1 fully saturated rings. The second kappa shape index (κ2) is 11.5. The summed E-state index contributed by atoms with van der Waals surface area (Å²) in [5.74, 6) is 0. The molecule has 14 heteroatoms. The van der Waals surface area contributed by atoms with E-state index < -0.39 is 16.1 Å². The fourth-order valence-electron chi connectivity index (χ4n) is 4.32. The smallest absolute Gasteiger partial charge is 0.333 e. The van der Waals surface area contributed by atoms with Crippen LogP contribution >= 0.6 is 34.5 Å². The molecule has 5 rings (SSSR count). The zero-order chi connectivity index (χ0) is 27.6. The molecule has 39 heavy (non-hydrogen) atoms. The van der Waals surface area contributed by atoms with Crippen molar-refractivity contribution >= 4 is 72.9 Å². The predicted octanol–water partition coefficient (Wildman–Crippen LogP) is 4.77. The van der Waals surface area contributed by atoms with Crippen LogP contribution in [0.3, 0.4) is 0 Å². The summed E-state index contributed by atoms with van der Waals surface area (Å²) in [6, 6.07) is 11.6. The number of likely N-dealkylation sites (tertiary alicyclic amines) is 1. The molecule has 204 valence electrons. The van der Waals surface area contributed by atoms with E-state index in [0.717, 1.165) is 43.2 Å². The number of anilines is 2. The van der Waals surface area contributed by atoms with Crippen molar-refractivity contribution in [2.24, 2.45) is 0 Å². The first-order valence-electron chi connectivity index (χ1n) is 12.1. The molecule has 0 spiro atoms. The van der Waals surface area contributed by atoms with E-state index in [0.29, 0.717) is 16.6 Å². The Morgan fingerprint density at radius 1 is 1.03 bits per heavy atom. The lowest BCUT2D eigenvalue weighted by atomic mass is 10.2. The number of thiophene rings is 1. The summed E-state index contributed by atoms with van der Waals surface area (Å²) >= 11 is 13.0. The van der Waals surface area contributed by atoms with Gasteiger partial charge in [-0.15, -0.1) is 11.3 Å². The number of amides is 2. The van der Waals surface area contributed by atoms with Crippen molar-refractivity contribution in [3.05, 3.63) is 74.6 Å². The number of hydrogen-bond acceptors (Lipinski definition) is 8. The molecule has 4 aromatic rings. The van der Waals surface area contributed by atoms with Gasteiger partial charge < -0.3 is 15.5 Å². The lowest BCUT2D eigenvalue weighted by molar-refractivity contribution is 0.256. The molecule has 3 N–H and O–H groups in total. The SMILES string of the molecule is O=C(Nc1ccc(-n2cnc3cc(NCCN4CCCC4)ccc3c2=O)c(Cl)c1)NS(=O)(=O)c1ccc(Cl)s1. The Hall–Kier alpha value is -3.16. The first kappa shape index (κ1) is 27.4. The summed E-state index contributed by atoms with van der Waals surface area (Å²) in [6.07, 6.45) is 3.90. The monoisotopic (exact) mass is 606 g/mol. The number of rotatable bonds is 8. The number of sulfonamides is 1. The number of halogens is 2. The maximum atomic E-state index is 13.2. The van der Waals surface area contributed by atoms with Gasteiger partial charge >= 0.3 is 6.03 Å². The highest BCUT2D eigenvalue weighted by Gasteiger charge is 2.20. The molecular weight excluding hydrogens is 583 g/mol. The minimum atomic E-state index is -4.08. The van der Waals surface area contributed by atoms with E-state index in [-0.39, 0.29) is 24.8 Å². The van der Waals surface area contributed by atoms with Crippen molar-refractivity contribution in [3.8, 4) is 5.69 Å². The number of nitrogens with one attached hydrogen (secondary N) is 3. The minimum absolute atomic E-state index is 0.0933. The number of urea groups is 1. The molecule has 0 bridgehead atoms. The van der Waals surface area contributed by atoms with Crippen molar-refractivity contribution < 1.29 is 13.2 Å². The second-order valence-corrected chi connectivity index (χ2v) is 12.9. The van der Waals surface area contributed by atoms with Crippen LogP contribution in [-0.4, -0.2) is 55.1 Å². The molecule has 2 amide bonds. The Morgan fingerprint density at radius 3 is 2.51 bits per heavy atom. The molecule has 2 aromatic carbocycles. The molecule has 10 nitrogen and oxygen atoms in total. The minimum Gasteiger partial charge on any atom is -0.384 e. The van der Waals surface area contributed by atoms with Crippen LogP contribution in [0.1, 0.15) is 12.8 Å². The van der Waals surface area contributed by atoms with Gasteiger partial charge in [-0.2, -0.15) is 0 Å². The van der Waals surface area contributed by atoms with Gasteiger partial charge in [0.1, 0.15) is 10.5 Å². The van der Waals surface area contributed by atoms with Gasteiger partial charge in [-0.05, 0) is 74.5 Å². The topological polar surface area (TPSA) is 125 Å². The lowest BCUT2D eigenvalue weighted by Gasteiger charge is -2.15. The van der Waals surface area contributed by atoms with E-state index in [4.69, 9.17) is 23.2 Å². The molecule has 0 saturated carbocycles. The molecular formula is C25H24Cl2N6O4S2. The largest absolute Gasteiger partial charge is 0.384 e. The molecule has 0 atom stereocenters. The van der Waals surface area contributed by atoms with Crippen LogP contribution in [0.5, 0.6) is 0 Å². The van der Waals surface area contributed by atoms with E-state index >= 15 is 0 Å². The number of carbonyl (C=O) groups is 1. The zero-order valence-corrected chi connectivity index (χ0v) is 23.6. The number of hydrogen-bond donors (Lipinski definition) is 3. The number of aromatic nitrogens is 2. The standard InChI is InChI=1S/C25H24Cl2N6O4S2/c26-19-13-17(30-25(35)31-39(36,37)23-8-7-22(27)38-23)4-6-21(19)33-15-29-20-14-16(3-5-18(20)24(33)34)28-9-12-32-10-1-2-11-32/h3-8,13-15,28H,1-2,9-12H2,(H2,30,31,35). The van der Waals surface area contributed by atoms with E-state index in [1.54, 1.807) is 6.07 Å². The van der Waals surface area contributed by atoms with Crippen LogP contribution in [-0.2, 0) is 10.0 Å². The summed E-state index contributed by atoms with van der Waals surface area (Å²) in [6.45, 7) is 4.06. The Labute approximate surface area is 238 Å². The number of nitrogens with zero attached hydrogens (tertiary/aromatic N) is 3. The van der Waals surface area contributed by atoms with Gasteiger partial charge in [0, 0.05) is 24.5 Å². The number of benzene rings is 2. The Balaban J connectivity index is 1.28. The number of carbonyl (C=O) groups excluding carboxylic acids is 1. The lowest BCUT2D eigenvalue weighted by Crippen LogP contribution is -2.33. The molecule has 3 heterocycles. The van der Waals surface area contributed by atoms with Crippen LogP contribution < -0.4 is 20.9 Å². The summed E-state index contributed by atoms with van der Waals surface area (Å²) < 4.78 is 28.1. The van der Waals surface area contributed by atoms with E-state index in [1.807, 2.05) is 16.9 Å². The zero-order valence-electron chi connectivity index (χ0n) is 20.5. The predicted molar refractivity (Wildman–Crippen MR) is 155 cm³/mol. The molecule has 2 aromatic heterocycles. The average molecular weight is 608 g/mol. The summed E-state index contributed by atoms with van der Waals surface area (Å²) in [5.41, 5.74) is 1.73. The molecule has 1 aliphatic rings. The summed E-state index contributed by atoms with van der Waals surface area (Å²) in [5, 5.41) is 6.40. The van der Waals surface area contributed by atoms with Gasteiger partial charge in [0.2, 0.25) is 0 Å². The normalized spacial score (nSPS) is 14.0. The van der Waals surface area contributed by atoms with E-state index in [2.05, 4.69) is 20.5 Å². The van der Waals surface area contributed by atoms with Crippen LogP contribution in [0.25, 0.3) is 16.6 Å².